The molecule has 42 heavy (non-hydrogen) atoms. The molecule has 3 aromatic carbocycles. The molecule has 1 saturated heterocycles. The van der Waals surface area contributed by atoms with E-state index >= 15 is 0 Å². The van der Waals surface area contributed by atoms with Crippen LogP contribution in [0.5, 0.6) is 11.8 Å². The van der Waals surface area contributed by atoms with Gasteiger partial charge in [0, 0.05) is 12.3 Å². The van der Waals surface area contributed by atoms with Gasteiger partial charge in [0.25, 0.3) is 5.56 Å². The first-order valence-electron chi connectivity index (χ1n) is 13.5. The van der Waals surface area contributed by atoms with Gasteiger partial charge in [-0.1, -0.05) is 72.8 Å². The number of fused-ring (bicyclic) bond motifs is 3. The summed E-state index contributed by atoms with van der Waals surface area (Å²) in [6.07, 6.45) is 0.148. The molecule has 0 N–H and O–H groups in total. The van der Waals surface area contributed by atoms with Crippen LogP contribution in [-0.2, 0) is 24.6 Å². The number of ether oxygens (including phenoxy) is 5. The fourth-order valence-electron chi connectivity index (χ4n) is 5.54. The smallest absolute Gasteiger partial charge is 0.315 e. The number of benzene rings is 3. The van der Waals surface area contributed by atoms with Crippen molar-refractivity contribution in [3.63, 3.8) is 0 Å². The number of hydrogen-bond acceptors (Lipinski definition) is 9. The lowest BCUT2D eigenvalue weighted by Gasteiger charge is -2.37. The van der Waals surface area contributed by atoms with Crippen LogP contribution in [0.4, 0.5) is 0 Å². The molecule has 10 heteroatoms. The molecule has 0 bridgehead atoms. The second kappa shape index (κ2) is 12.0. The van der Waals surface area contributed by atoms with Crippen molar-refractivity contribution in [1.82, 2.24) is 9.55 Å². The first-order chi connectivity index (χ1) is 20.5. The van der Waals surface area contributed by atoms with Crippen molar-refractivity contribution >= 4 is 17.7 Å². The van der Waals surface area contributed by atoms with E-state index in [-0.39, 0.29) is 29.6 Å². The molecule has 0 radical (unpaired) electrons. The largest absolute Gasteiger partial charge is 0.497 e. The standard InChI is InChI=1S/C32H30N2O7S/c1-37-24-15-13-23(14-16-24)32(21-9-5-3-6-10-21,22-11-7-4-8-12-22)39-19-25-29(42-20-27(36)38-2)28-30(40-25)34-18-17-26(35)33-31(34)41-28/h3-18,25,28-30H,19-20H2,1-2H3/t25-,28+,29+,30-/m1/s1. The van der Waals surface area contributed by atoms with Gasteiger partial charge in [-0.2, -0.15) is 4.98 Å². The van der Waals surface area contributed by atoms with Gasteiger partial charge in [0.1, 0.15) is 11.4 Å². The quantitative estimate of drug-likeness (QED) is 0.200. The number of carbonyl (C=O) groups is 1. The summed E-state index contributed by atoms with van der Waals surface area (Å²) in [5, 5.41) is -0.314. The molecule has 2 aliphatic rings. The zero-order valence-electron chi connectivity index (χ0n) is 23.1. The Kier molecular flexibility index (Phi) is 8.01. The zero-order valence-corrected chi connectivity index (χ0v) is 23.9. The minimum atomic E-state index is -0.988. The van der Waals surface area contributed by atoms with E-state index in [1.807, 2.05) is 84.9 Å². The van der Waals surface area contributed by atoms with Crippen LogP contribution < -0.4 is 15.0 Å². The number of nitrogens with zero attached hydrogens (tertiary/aromatic N) is 2. The summed E-state index contributed by atoms with van der Waals surface area (Å²) in [6.45, 7) is 0.175. The van der Waals surface area contributed by atoms with E-state index in [2.05, 4.69) is 4.98 Å². The van der Waals surface area contributed by atoms with Gasteiger partial charge in [-0.3, -0.25) is 14.2 Å². The van der Waals surface area contributed by atoms with Crippen molar-refractivity contribution in [3.8, 4) is 11.8 Å². The molecule has 216 valence electrons. The average molecular weight is 587 g/mol. The normalized spacial score (nSPS) is 20.8. The van der Waals surface area contributed by atoms with Crippen LogP contribution in [0.1, 0.15) is 22.9 Å². The fourth-order valence-corrected chi connectivity index (χ4v) is 6.73. The van der Waals surface area contributed by atoms with Gasteiger partial charge in [-0.25, -0.2) is 0 Å². The lowest BCUT2D eigenvalue weighted by atomic mass is 9.80. The molecule has 4 atom stereocenters. The molecule has 3 heterocycles. The topological polar surface area (TPSA) is 98.1 Å². The van der Waals surface area contributed by atoms with E-state index in [1.165, 1.54) is 24.9 Å². The molecular formula is C32H30N2O7S. The van der Waals surface area contributed by atoms with Crippen LogP contribution in [0.15, 0.2) is 102 Å². The molecular weight excluding hydrogens is 556 g/mol. The summed E-state index contributed by atoms with van der Waals surface area (Å²) >= 11 is 1.38. The molecule has 1 aromatic heterocycles. The van der Waals surface area contributed by atoms with Crippen molar-refractivity contribution < 1.29 is 28.5 Å². The maximum atomic E-state index is 12.1. The van der Waals surface area contributed by atoms with E-state index in [1.54, 1.807) is 17.9 Å². The Morgan fingerprint density at radius 2 is 1.57 bits per heavy atom. The molecule has 1 fully saturated rings. The minimum Gasteiger partial charge on any atom is -0.497 e. The predicted molar refractivity (Wildman–Crippen MR) is 157 cm³/mol. The monoisotopic (exact) mass is 586 g/mol. The number of carbonyl (C=O) groups excluding carboxylic acids is 1. The van der Waals surface area contributed by atoms with Gasteiger partial charge >= 0.3 is 12.0 Å². The fraction of sp³-hybridized carbons (Fsp3) is 0.281. The third-order valence-corrected chi connectivity index (χ3v) is 8.91. The molecule has 0 saturated carbocycles. The Labute approximate surface area is 247 Å². The van der Waals surface area contributed by atoms with Crippen LogP contribution in [0.25, 0.3) is 0 Å². The lowest BCUT2D eigenvalue weighted by molar-refractivity contribution is -0.137. The number of hydrogen-bond donors (Lipinski definition) is 0. The average Bonchev–Trinajstić information content (AvgIpc) is 3.56. The Balaban J connectivity index is 1.39. The van der Waals surface area contributed by atoms with Crippen LogP contribution in [0.3, 0.4) is 0 Å². The number of esters is 1. The highest BCUT2D eigenvalue weighted by atomic mass is 32.2. The zero-order chi connectivity index (χ0) is 29.1. The lowest BCUT2D eigenvalue weighted by Crippen LogP contribution is -2.39. The highest BCUT2D eigenvalue weighted by Gasteiger charge is 2.53. The third kappa shape index (κ3) is 5.17. The van der Waals surface area contributed by atoms with Crippen LogP contribution in [0, 0.1) is 0 Å². The summed E-state index contributed by atoms with van der Waals surface area (Å²) in [7, 11) is 3.00. The van der Waals surface area contributed by atoms with E-state index in [0.29, 0.717) is 0 Å². The van der Waals surface area contributed by atoms with E-state index in [4.69, 9.17) is 23.7 Å². The van der Waals surface area contributed by atoms with Gasteiger partial charge in [0.2, 0.25) is 0 Å². The Hall–Kier alpha value is -4.12. The molecule has 0 amide bonds. The van der Waals surface area contributed by atoms with Crippen LogP contribution >= 0.6 is 11.8 Å². The molecule has 2 aliphatic heterocycles. The summed E-state index contributed by atoms with van der Waals surface area (Å²) < 4.78 is 31.8. The molecule has 6 rings (SSSR count). The Bertz CT molecular complexity index is 1540. The number of thioether (sulfide) groups is 1. The first kappa shape index (κ1) is 28.0. The minimum absolute atomic E-state index is 0.107. The van der Waals surface area contributed by atoms with E-state index in [9.17, 15) is 9.59 Å². The third-order valence-electron chi connectivity index (χ3n) is 7.55. The van der Waals surface area contributed by atoms with Gasteiger partial charge in [-0.05, 0) is 28.8 Å². The van der Waals surface area contributed by atoms with E-state index < -0.39 is 29.6 Å². The number of methoxy groups -OCH3 is 2. The van der Waals surface area contributed by atoms with Crippen molar-refractivity contribution in [1.29, 1.82) is 0 Å². The van der Waals surface area contributed by atoms with Crippen LogP contribution in [-0.4, -0.2) is 59.6 Å². The molecule has 0 spiro atoms. The number of rotatable bonds is 10. The van der Waals surface area contributed by atoms with Crippen molar-refractivity contribution in [2.75, 3.05) is 26.6 Å². The SMILES string of the molecule is COC(=O)CS[C@@H]1[C@@H]2Oc3nc(=O)ccn3[C@@H]2O[C@@H]1COC(c1ccccc1)(c1ccccc1)c1ccc(OC)cc1. The van der Waals surface area contributed by atoms with Crippen molar-refractivity contribution in [2.45, 2.75) is 29.3 Å². The second-order valence-corrected chi connectivity index (χ2v) is 11.1. The summed E-state index contributed by atoms with van der Waals surface area (Å²) in [6, 6.07) is 29.5. The maximum Gasteiger partial charge on any atom is 0.315 e. The maximum absolute atomic E-state index is 12.1. The highest BCUT2D eigenvalue weighted by Crippen LogP contribution is 2.46. The number of aromatic nitrogens is 2. The summed E-state index contributed by atoms with van der Waals surface area (Å²) in [4.78, 5) is 28.0. The predicted octanol–water partition coefficient (Wildman–Crippen LogP) is 4.19. The first-order valence-corrected chi connectivity index (χ1v) is 14.6. The van der Waals surface area contributed by atoms with Gasteiger partial charge < -0.3 is 23.7 Å². The molecule has 0 aliphatic carbocycles. The van der Waals surface area contributed by atoms with Crippen LogP contribution in [0.2, 0.25) is 0 Å². The van der Waals surface area contributed by atoms with Gasteiger partial charge in [0.05, 0.1) is 37.9 Å². The van der Waals surface area contributed by atoms with E-state index in [0.717, 1.165) is 22.4 Å². The molecule has 9 nitrogen and oxygen atoms in total. The van der Waals surface area contributed by atoms with Crippen molar-refractivity contribution in [3.05, 3.63) is 124 Å². The Morgan fingerprint density at radius 3 is 2.19 bits per heavy atom. The van der Waals surface area contributed by atoms with Gasteiger partial charge in [-0.15, -0.1) is 11.8 Å². The molecule has 4 aromatic rings. The highest BCUT2D eigenvalue weighted by molar-refractivity contribution is 8.00. The Morgan fingerprint density at radius 1 is 0.929 bits per heavy atom. The van der Waals surface area contributed by atoms with Gasteiger partial charge in [0.15, 0.2) is 12.3 Å². The second-order valence-electron chi connectivity index (χ2n) is 9.91. The summed E-state index contributed by atoms with van der Waals surface area (Å²) in [5.74, 6) is 0.491. The summed E-state index contributed by atoms with van der Waals surface area (Å²) in [5.41, 5.74) is 1.43. The van der Waals surface area contributed by atoms with Crippen molar-refractivity contribution in [2.24, 2.45) is 0 Å². The molecule has 0 unspecified atom stereocenters.